The topological polar surface area (TPSA) is 80.6 Å². The molecule has 0 radical (unpaired) electrons. The first-order chi connectivity index (χ1) is 14.0. The average molecular weight is 395 g/mol. The van der Waals surface area contributed by atoms with Crippen LogP contribution in [0.2, 0.25) is 0 Å². The third-order valence-electron chi connectivity index (χ3n) is 5.96. The van der Waals surface area contributed by atoms with Gasteiger partial charge in [-0.05, 0) is 30.2 Å². The van der Waals surface area contributed by atoms with E-state index in [1.807, 2.05) is 30.3 Å². The number of carbonyl (C=O) groups excluding carboxylic acids is 2. The molecule has 0 saturated carbocycles. The highest BCUT2D eigenvalue weighted by molar-refractivity contribution is 5.81. The molecule has 1 fully saturated rings. The van der Waals surface area contributed by atoms with Gasteiger partial charge in [-0.2, -0.15) is 0 Å². The van der Waals surface area contributed by atoms with E-state index in [0.29, 0.717) is 19.6 Å². The Morgan fingerprint density at radius 2 is 1.97 bits per heavy atom. The van der Waals surface area contributed by atoms with Crippen molar-refractivity contribution >= 4 is 11.8 Å². The van der Waals surface area contributed by atoms with Gasteiger partial charge in [-0.3, -0.25) is 19.0 Å². The number of hydrogen-bond acceptors (Lipinski definition) is 4. The molecule has 7 heteroatoms. The number of nitrogens with zero attached hydrogens (tertiary/aromatic N) is 2. The van der Waals surface area contributed by atoms with Crippen molar-refractivity contribution in [1.29, 1.82) is 0 Å². The van der Waals surface area contributed by atoms with Gasteiger partial charge in [0.2, 0.25) is 11.8 Å². The highest BCUT2D eigenvalue weighted by Gasteiger charge is 2.44. The van der Waals surface area contributed by atoms with Crippen molar-refractivity contribution in [2.24, 2.45) is 5.92 Å². The third kappa shape index (κ3) is 3.64. The van der Waals surface area contributed by atoms with E-state index < -0.39 is 6.04 Å². The number of aromatic nitrogens is 1. The van der Waals surface area contributed by atoms with Crippen molar-refractivity contribution in [3.63, 3.8) is 0 Å². The molecule has 1 aromatic carbocycles. The molecular formula is C22H25N3O4. The summed E-state index contributed by atoms with van der Waals surface area (Å²) in [6.45, 7) is 2.98. The molecule has 2 aromatic rings. The molecule has 29 heavy (non-hydrogen) atoms. The smallest absolute Gasteiger partial charge is 0.251 e. The zero-order valence-corrected chi connectivity index (χ0v) is 16.6. The third-order valence-corrected chi connectivity index (χ3v) is 5.96. The Labute approximate surface area is 169 Å². The second kappa shape index (κ2) is 7.73. The molecule has 2 aliphatic heterocycles. The SMILES string of the molecule is COc1cccc(CNC(=O)[C@H]2[C@H]3C[C@H](CN(C(C)=O)C3)c3cccc(=O)n32)c1. The summed E-state index contributed by atoms with van der Waals surface area (Å²) < 4.78 is 6.87. The summed E-state index contributed by atoms with van der Waals surface area (Å²) in [5.74, 6) is 0.519. The van der Waals surface area contributed by atoms with E-state index in [-0.39, 0.29) is 29.2 Å². The van der Waals surface area contributed by atoms with Gasteiger partial charge in [0.1, 0.15) is 11.8 Å². The lowest BCUT2D eigenvalue weighted by molar-refractivity contribution is -0.135. The molecular weight excluding hydrogens is 370 g/mol. The number of methoxy groups -OCH3 is 1. The van der Waals surface area contributed by atoms with Gasteiger partial charge in [0, 0.05) is 50.2 Å². The van der Waals surface area contributed by atoms with Crippen LogP contribution < -0.4 is 15.6 Å². The Balaban J connectivity index is 1.62. The molecule has 3 atom stereocenters. The van der Waals surface area contributed by atoms with Crippen molar-refractivity contribution in [3.05, 3.63) is 64.1 Å². The van der Waals surface area contributed by atoms with E-state index in [0.717, 1.165) is 23.4 Å². The van der Waals surface area contributed by atoms with E-state index >= 15 is 0 Å². The molecule has 2 bridgehead atoms. The fourth-order valence-corrected chi connectivity index (χ4v) is 4.60. The van der Waals surface area contributed by atoms with Gasteiger partial charge < -0.3 is 15.0 Å². The van der Waals surface area contributed by atoms with Gasteiger partial charge in [0.05, 0.1) is 7.11 Å². The molecule has 1 saturated heterocycles. The van der Waals surface area contributed by atoms with Gasteiger partial charge >= 0.3 is 0 Å². The highest BCUT2D eigenvalue weighted by atomic mass is 16.5. The average Bonchev–Trinajstić information content (AvgIpc) is 2.73. The van der Waals surface area contributed by atoms with Crippen LogP contribution in [-0.2, 0) is 16.1 Å². The number of hydrogen-bond donors (Lipinski definition) is 1. The molecule has 152 valence electrons. The Morgan fingerprint density at radius 3 is 2.72 bits per heavy atom. The van der Waals surface area contributed by atoms with Crippen LogP contribution in [0.5, 0.6) is 5.75 Å². The monoisotopic (exact) mass is 395 g/mol. The van der Waals surface area contributed by atoms with Crippen molar-refractivity contribution in [2.75, 3.05) is 20.2 Å². The largest absolute Gasteiger partial charge is 0.497 e. The summed E-state index contributed by atoms with van der Waals surface area (Å²) in [5, 5.41) is 2.98. The van der Waals surface area contributed by atoms with E-state index in [1.165, 1.54) is 6.07 Å². The molecule has 4 rings (SSSR count). The standard InChI is InChI=1S/C22H25N3O4/c1-14(26)24-12-16-10-17(13-24)21(25-19(16)7-4-8-20(25)27)22(28)23-11-15-5-3-6-18(9-15)29-2/h3-9,16-17,21H,10-13H2,1-2H3,(H,23,28)/t16-,17+,21-/m1/s1. The van der Waals surface area contributed by atoms with Crippen LogP contribution in [0.15, 0.2) is 47.3 Å². The quantitative estimate of drug-likeness (QED) is 0.854. The van der Waals surface area contributed by atoms with Gasteiger partial charge in [-0.25, -0.2) is 0 Å². The van der Waals surface area contributed by atoms with Gasteiger partial charge in [0.15, 0.2) is 0 Å². The lowest BCUT2D eigenvalue weighted by atomic mass is 9.78. The maximum absolute atomic E-state index is 13.2. The minimum absolute atomic E-state index is 0.00182. The Bertz CT molecular complexity index is 1000. The fraction of sp³-hybridized carbons (Fsp3) is 0.409. The van der Waals surface area contributed by atoms with Crippen molar-refractivity contribution in [2.45, 2.75) is 31.8 Å². The summed E-state index contributed by atoms with van der Waals surface area (Å²) in [5.41, 5.74) is 1.58. The van der Waals surface area contributed by atoms with E-state index in [1.54, 1.807) is 29.6 Å². The van der Waals surface area contributed by atoms with Gasteiger partial charge in [0.25, 0.3) is 5.56 Å². The predicted molar refractivity (Wildman–Crippen MR) is 108 cm³/mol. The number of carbonyl (C=O) groups is 2. The number of benzene rings is 1. The number of nitrogens with one attached hydrogen (secondary N) is 1. The van der Waals surface area contributed by atoms with E-state index in [2.05, 4.69) is 5.32 Å². The summed E-state index contributed by atoms with van der Waals surface area (Å²) in [6, 6.07) is 12.0. The molecule has 1 N–H and O–H groups in total. The van der Waals surface area contributed by atoms with Crippen molar-refractivity contribution in [3.8, 4) is 5.75 Å². The minimum Gasteiger partial charge on any atom is -0.497 e. The van der Waals surface area contributed by atoms with Crippen LogP contribution in [0.3, 0.4) is 0 Å². The second-order valence-electron chi connectivity index (χ2n) is 7.79. The zero-order chi connectivity index (χ0) is 20.5. The predicted octanol–water partition coefficient (Wildman–Crippen LogP) is 1.68. The van der Waals surface area contributed by atoms with Crippen LogP contribution >= 0.6 is 0 Å². The number of likely N-dealkylation sites (tertiary alicyclic amines) is 1. The maximum atomic E-state index is 13.2. The highest BCUT2D eigenvalue weighted by Crippen LogP contribution is 2.41. The first-order valence-corrected chi connectivity index (χ1v) is 9.85. The Kier molecular flexibility index (Phi) is 5.13. The molecule has 2 amide bonds. The van der Waals surface area contributed by atoms with Crippen molar-refractivity contribution in [1.82, 2.24) is 14.8 Å². The normalized spacial score (nSPS) is 22.6. The van der Waals surface area contributed by atoms with E-state index in [9.17, 15) is 14.4 Å². The zero-order valence-electron chi connectivity index (χ0n) is 16.6. The Morgan fingerprint density at radius 1 is 1.17 bits per heavy atom. The summed E-state index contributed by atoms with van der Waals surface area (Å²) in [6.07, 6.45) is 0.796. The van der Waals surface area contributed by atoms with Gasteiger partial charge in [-0.15, -0.1) is 0 Å². The lowest BCUT2D eigenvalue weighted by Crippen LogP contribution is -2.54. The molecule has 2 aliphatic rings. The molecule has 0 spiro atoms. The van der Waals surface area contributed by atoms with Crippen molar-refractivity contribution < 1.29 is 14.3 Å². The van der Waals surface area contributed by atoms with Gasteiger partial charge in [-0.1, -0.05) is 18.2 Å². The molecule has 1 aromatic heterocycles. The second-order valence-corrected chi connectivity index (χ2v) is 7.79. The number of amides is 2. The minimum atomic E-state index is -0.622. The number of ether oxygens (including phenoxy) is 1. The molecule has 0 unspecified atom stereocenters. The first kappa shape index (κ1) is 19.2. The van der Waals surface area contributed by atoms with E-state index in [4.69, 9.17) is 4.74 Å². The number of pyridine rings is 1. The van der Waals surface area contributed by atoms with Crippen LogP contribution in [0.25, 0.3) is 0 Å². The number of fused-ring (bicyclic) bond motifs is 4. The lowest BCUT2D eigenvalue weighted by Gasteiger charge is -2.46. The molecule has 3 heterocycles. The first-order valence-electron chi connectivity index (χ1n) is 9.85. The summed E-state index contributed by atoms with van der Waals surface area (Å²) in [7, 11) is 1.60. The number of piperidine rings is 1. The summed E-state index contributed by atoms with van der Waals surface area (Å²) in [4.78, 5) is 39.7. The van der Waals surface area contributed by atoms with Crippen LogP contribution in [0.1, 0.15) is 36.6 Å². The molecule has 7 nitrogen and oxygen atoms in total. The molecule has 0 aliphatic carbocycles. The van der Waals surface area contributed by atoms with Crippen LogP contribution in [0, 0.1) is 5.92 Å². The number of rotatable bonds is 4. The fourth-order valence-electron chi connectivity index (χ4n) is 4.60. The van der Waals surface area contributed by atoms with Crippen LogP contribution in [-0.4, -0.2) is 41.5 Å². The van der Waals surface area contributed by atoms with Crippen LogP contribution in [0.4, 0.5) is 0 Å². The maximum Gasteiger partial charge on any atom is 0.251 e. The summed E-state index contributed by atoms with van der Waals surface area (Å²) >= 11 is 0. The Hall–Kier alpha value is -3.09.